The zero-order valence-electron chi connectivity index (χ0n) is 11.9. The first-order chi connectivity index (χ1) is 8.36. The van der Waals surface area contributed by atoms with Gasteiger partial charge in [0.25, 0.3) is 0 Å². The molecule has 1 fully saturated rings. The van der Waals surface area contributed by atoms with E-state index in [1.54, 1.807) is 7.11 Å². The minimum Gasteiger partial charge on any atom is -0.480 e. The minimum atomic E-state index is -0.784. The Balaban J connectivity index is 2.55. The molecule has 1 heterocycles. The Kier molecular flexibility index (Phi) is 5.56. The highest BCUT2D eigenvalue weighted by atomic mass is 16.5. The van der Waals surface area contributed by atoms with Crippen LogP contribution in [-0.2, 0) is 9.53 Å². The van der Waals surface area contributed by atoms with Gasteiger partial charge in [0.05, 0.1) is 5.60 Å². The van der Waals surface area contributed by atoms with Crippen LogP contribution in [0.2, 0.25) is 0 Å². The van der Waals surface area contributed by atoms with Crippen molar-refractivity contribution in [2.24, 2.45) is 0 Å². The fourth-order valence-electron chi connectivity index (χ4n) is 2.49. The summed E-state index contributed by atoms with van der Waals surface area (Å²) in [6.45, 7) is 8.30. The van der Waals surface area contributed by atoms with E-state index in [-0.39, 0.29) is 11.6 Å². The van der Waals surface area contributed by atoms with Crippen molar-refractivity contribution in [3.63, 3.8) is 0 Å². The second kappa shape index (κ2) is 6.50. The molecule has 1 rings (SSSR count). The third kappa shape index (κ3) is 4.55. The summed E-state index contributed by atoms with van der Waals surface area (Å²) >= 11 is 0. The van der Waals surface area contributed by atoms with Gasteiger partial charge in [0.1, 0.15) is 6.04 Å². The van der Waals surface area contributed by atoms with Crippen LogP contribution in [0.3, 0.4) is 0 Å². The van der Waals surface area contributed by atoms with E-state index in [0.29, 0.717) is 6.54 Å². The number of ether oxygens (including phenoxy) is 1. The molecule has 1 aliphatic rings. The second-order valence-electron chi connectivity index (χ2n) is 5.70. The third-order valence-corrected chi connectivity index (χ3v) is 3.50. The van der Waals surface area contributed by atoms with Crippen molar-refractivity contribution < 1.29 is 14.6 Å². The monoisotopic (exact) mass is 258 g/mol. The number of rotatable bonds is 6. The Labute approximate surface area is 109 Å². The molecule has 0 aromatic heterocycles. The molecule has 18 heavy (non-hydrogen) atoms. The highest BCUT2D eigenvalue weighted by Crippen LogP contribution is 2.23. The topological polar surface area (TPSA) is 61.8 Å². The number of carboxylic acids is 1. The minimum absolute atomic E-state index is 0.140. The predicted molar refractivity (Wildman–Crippen MR) is 70.8 cm³/mol. The van der Waals surface area contributed by atoms with E-state index < -0.39 is 12.0 Å². The summed E-state index contributed by atoms with van der Waals surface area (Å²) in [7, 11) is 1.73. The normalized spacial score (nSPS) is 27.4. The number of carbonyl (C=O) groups is 1. The van der Waals surface area contributed by atoms with Crippen molar-refractivity contribution in [3.05, 3.63) is 0 Å². The number of piperidine rings is 1. The first-order valence-corrected chi connectivity index (χ1v) is 6.62. The van der Waals surface area contributed by atoms with Gasteiger partial charge in [-0.05, 0) is 26.3 Å². The highest BCUT2D eigenvalue weighted by molar-refractivity contribution is 5.73. The van der Waals surface area contributed by atoms with Crippen LogP contribution in [0.4, 0.5) is 0 Å². The van der Waals surface area contributed by atoms with Gasteiger partial charge in [0.15, 0.2) is 0 Å². The maximum Gasteiger partial charge on any atom is 0.322 e. The Morgan fingerprint density at radius 3 is 2.72 bits per heavy atom. The first kappa shape index (κ1) is 15.4. The fourth-order valence-corrected chi connectivity index (χ4v) is 2.49. The summed E-state index contributed by atoms with van der Waals surface area (Å²) in [4.78, 5) is 13.4. The molecule has 5 nitrogen and oxygen atoms in total. The van der Waals surface area contributed by atoms with Crippen LogP contribution >= 0.6 is 0 Å². The van der Waals surface area contributed by atoms with Gasteiger partial charge < -0.3 is 15.2 Å². The summed E-state index contributed by atoms with van der Waals surface area (Å²) in [6, 6.07) is -0.339. The summed E-state index contributed by atoms with van der Waals surface area (Å²) in [6.07, 6.45) is 2.09. The van der Waals surface area contributed by atoms with E-state index in [1.807, 2.05) is 13.8 Å². The molecule has 1 saturated heterocycles. The average molecular weight is 258 g/mol. The zero-order valence-corrected chi connectivity index (χ0v) is 11.9. The molecule has 0 aromatic rings. The van der Waals surface area contributed by atoms with Crippen molar-refractivity contribution in [2.75, 3.05) is 26.7 Å². The zero-order chi connectivity index (χ0) is 13.8. The van der Waals surface area contributed by atoms with Crippen LogP contribution in [0.25, 0.3) is 0 Å². The molecule has 106 valence electrons. The van der Waals surface area contributed by atoms with Crippen molar-refractivity contribution in [3.8, 4) is 0 Å². The maximum atomic E-state index is 11.2. The predicted octanol–water partition coefficient (Wildman–Crippen LogP) is 0.939. The molecule has 2 N–H and O–H groups in total. The summed E-state index contributed by atoms with van der Waals surface area (Å²) < 4.78 is 5.52. The first-order valence-electron chi connectivity index (χ1n) is 6.62. The molecule has 0 aromatic carbocycles. The maximum absolute atomic E-state index is 11.2. The molecular weight excluding hydrogens is 232 g/mol. The van der Waals surface area contributed by atoms with Gasteiger partial charge in [-0.2, -0.15) is 0 Å². The van der Waals surface area contributed by atoms with E-state index in [1.165, 1.54) is 0 Å². The van der Waals surface area contributed by atoms with Crippen molar-refractivity contribution in [1.29, 1.82) is 0 Å². The molecule has 0 spiro atoms. The molecule has 0 amide bonds. The van der Waals surface area contributed by atoms with Crippen LogP contribution in [0.1, 0.15) is 33.6 Å². The summed E-state index contributed by atoms with van der Waals surface area (Å²) in [5.41, 5.74) is -0.140. The van der Waals surface area contributed by atoms with Crippen LogP contribution in [0.5, 0.6) is 0 Å². The molecule has 2 atom stereocenters. The number of hydrogen-bond acceptors (Lipinski definition) is 4. The highest BCUT2D eigenvalue weighted by Gasteiger charge is 2.32. The quantitative estimate of drug-likeness (QED) is 0.742. The molecular formula is C13H26N2O3. The van der Waals surface area contributed by atoms with Gasteiger partial charge in [0.2, 0.25) is 0 Å². The standard InChI is InChI=1S/C13H26N2O3/c1-10(2)14-11(12(16)17)8-15-7-5-6-13(3,9-15)18-4/h10-11,14H,5-9H2,1-4H3,(H,16,17). The Bertz CT molecular complexity index is 283. The molecule has 2 unspecified atom stereocenters. The Morgan fingerprint density at radius 1 is 1.56 bits per heavy atom. The van der Waals surface area contributed by atoms with Crippen LogP contribution in [0.15, 0.2) is 0 Å². The molecule has 0 radical (unpaired) electrons. The van der Waals surface area contributed by atoms with E-state index >= 15 is 0 Å². The summed E-state index contributed by atoms with van der Waals surface area (Å²) in [5, 5.41) is 12.3. The number of nitrogens with zero attached hydrogens (tertiary/aromatic N) is 1. The van der Waals surface area contributed by atoms with Crippen molar-refractivity contribution in [2.45, 2.75) is 51.3 Å². The van der Waals surface area contributed by atoms with Gasteiger partial charge in [-0.1, -0.05) is 13.8 Å². The summed E-state index contributed by atoms with van der Waals surface area (Å²) in [5.74, 6) is -0.784. The number of aliphatic carboxylic acids is 1. The SMILES string of the molecule is COC1(C)CCCN(CC(NC(C)C)C(=O)O)C1. The second-order valence-corrected chi connectivity index (χ2v) is 5.70. The number of carboxylic acid groups (broad SMARTS) is 1. The van der Waals surface area contributed by atoms with Gasteiger partial charge in [-0.25, -0.2) is 0 Å². The van der Waals surface area contributed by atoms with E-state index in [4.69, 9.17) is 4.74 Å². The fraction of sp³-hybridized carbons (Fsp3) is 0.923. The molecule has 0 bridgehead atoms. The number of nitrogens with one attached hydrogen (secondary N) is 1. The van der Waals surface area contributed by atoms with Crippen LogP contribution < -0.4 is 5.32 Å². The molecule has 1 aliphatic heterocycles. The molecule has 0 aliphatic carbocycles. The number of hydrogen-bond donors (Lipinski definition) is 2. The van der Waals surface area contributed by atoms with Crippen molar-refractivity contribution in [1.82, 2.24) is 10.2 Å². The molecule has 5 heteroatoms. The Hall–Kier alpha value is -0.650. The Morgan fingerprint density at radius 2 is 2.22 bits per heavy atom. The lowest BCUT2D eigenvalue weighted by Crippen LogP contribution is -2.54. The lowest BCUT2D eigenvalue weighted by atomic mass is 9.94. The van der Waals surface area contributed by atoms with E-state index in [2.05, 4.69) is 17.1 Å². The van der Waals surface area contributed by atoms with E-state index in [9.17, 15) is 9.90 Å². The van der Waals surface area contributed by atoms with Crippen molar-refractivity contribution >= 4 is 5.97 Å². The van der Waals surface area contributed by atoms with Gasteiger partial charge in [-0.15, -0.1) is 0 Å². The molecule has 0 saturated carbocycles. The number of likely N-dealkylation sites (tertiary alicyclic amines) is 1. The lowest BCUT2D eigenvalue weighted by molar-refractivity contribution is -0.141. The average Bonchev–Trinajstić information content (AvgIpc) is 2.27. The van der Waals surface area contributed by atoms with Gasteiger partial charge in [0, 0.05) is 26.2 Å². The largest absolute Gasteiger partial charge is 0.480 e. The van der Waals surface area contributed by atoms with Gasteiger partial charge in [-0.3, -0.25) is 9.69 Å². The lowest BCUT2D eigenvalue weighted by Gasteiger charge is -2.40. The number of methoxy groups -OCH3 is 1. The smallest absolute Gasteiger partial charge is 0.322 e. The van der Waals surface area contributed by atoms with Crippen LogP contribution in [0, 0.1) is 0 Å². The third-order valence-electron chi connectivity index (χ3n) is 3.50. The van der Waals surface area contributed by atoms with E-state index in [0.717, 1.165) is 25.9 Å². The van der Waals surface area contributed by atoms with Crippen LogP contribution in [-0.4, -0.2) is 60.4 Å². The van der Waals surface area contributed by atoms with Gasteiger partial charge >= 0.3 is 5.97 Å².